The van der Waals surface area contributed by atoms with Crippen molar-refractivity contribution in [2.45, 2.75) is 38.3 Å². The summed E-state index contributed by atoms with van der Waals surface area (Å²) < 4.78 is 7.87. The summed E-state index contributed by atoms with van der Waals surface area (Å²) in [7, 11) is 1.74. The first-order valence-corrected chi connectivity index (χ1v) is 11.3. The van der Waals surface area contributed by atoms with Crippen LogP contribution in [-0.2, 0) is 19.5 Å². The molecule has 1 aromatic heterocycles. The van der Waals surface area contributed by atoms with Crippen molar-refractivity contribution in [1.29, 1.82) is 0 Å². The predicted molar refractivity (Wildman–Crippen MR) is 119 cm³/mol. The first-order valence-electron chi connectivity index (χ1n) is 11.3. The highest BCUT2D eigenvalue weighted by molar-refractivity contribution is 5.68. The van der Waals surface area contributed by atoms with Crippen molar-refractivity contribution in [2.24, 2.45) is 11.8 Å². The lowest BCUT2D eigenvalue weighted by atomic mass is 9.94. The molecule has 2 aromatic carbocycles. The van der Waals surface area contributed by atoms with Gasteiger partial charge in [0.05, 0.1) is 12.8 Å². The second-order valence-corrected chi connectivity index (χ2v) is 9.32. The van der Waals surface area contributed by atoms with E-state index in [1.54, 1.807) is 7.11 Å². The van der Waals surface area contributed by atoms with Gasteiger partial charge in [-0.25, -0.2) is 0 Å². The van der Waals surface area contributed by atoms with Crippen LogP contribution < -0.4 is 4.74 Å². The van der Waals surface area contributed by atoms with Gasteiger partial charge in [-0.2, -0.15) is 5.10 Å². The first-order chi connectivity index (χ1) is 14.8. The Morgan fingerprint density at radius 2 is 1.90 bits per heavy atom. The SMILES string of the molecule is COc1cccc(-c2nn(CC3CC3)c3c2[C@@H]2CN(Cc4ccccc4)C[C@@H]2C3)c1. The van der Waals surface area contributed by atoms with Gasteiger partial charge >= 0.3 is 0 Å². The maximum absolute atomic E-state index is 5.50. The average molecular weight is 400 g/mol. The molecule has 30 heavy (non-hydrogen) atoms. The molecule has 0 radical (unpaired) electrons. The van der Waals surface area contributed by atoms with Crippen LogP contribution in [0.25, 0.3) is 11.3 Å². The van der Waals surface area contributed by atoms with Crippen molar-refractivity contribution in [3.8, 4) is 17.0 Å². The first kappa shape index (κ1) is 18.2. The van der Waals surface area contributed by atoms with Gasteiger partial charge in [0.2, 0.25) is 0 Å². The van der Waals surface area contributed by atoms with Gasteiger partial charge in [0.1, 0.15) is 5.75 Å². The monoisotopic (exact) mass is 399 g/mol. The number of likely N-dealkylation sites (tertiary alicyclic amines) is 1. The number of benzene rings is 2. The number of aromatic nitrogens is 2. The van der Waals surface area contributed by atoms with Gasteiger partial charge in [-0.1, -0.05) is 42.5 Å². The molecule has 2 aliphatic carbocycles. The molecule has 2 heterocycles. The molecule has 2 atom stereocenters. The Labute approximate surface area is 178 Å². The highest BCUT2D eigenvalue weighted by Gasteiger charge is 2.44. The number of hydrogen-bond donors (Lipinski definition) is 0. The summed E-state index contributed by atoms with van der Waals surface area (Å²) in [4.78, 5) is 2.64. The van der Waals surface area contributed by atoms with E-state index in [-0.39, 0.29) is 0 Å². The number of methoxy groups -OCH3 is 1. The molecule has 0 spiro atoms. The van der Waals surface area contributed by atoms with E-state index in [9.17, 15) is 0 Å². The lowest BCUT2D eigenvalue weighted by molar-refractivity contribution is 0.313. The molecule has 1 saturated heterocycles. The summed E-state index contributed by atoms with van der Waals surface area (Å²) in [6.45, 7) is 4.47. The molecular formula is C26H29N3O. The normalized spacial score (nSPS) is 22.8. The molecule has 0 amide bonds. The minimum Gasteiger partial charge on any atom is -0.497 e. The smallest absolute Gasteiger partial charge is 0.119 e. The minimum atomic E-state index is 0.595. The van der Waals surface area contributed by atoms with Crippen molar-refractivity contribution in [1.82, 2.24) is 14.7 Å². The molecule has 4 heteroatoms. The predicted octanol–water partition coefficient (Wildman–Crippen LogP) is 4.74. The third-order valence-electron chi connectivity index (χ3n) is 7.16. The van der Waals surface area contributed by atoms with Crippen LogP contribution in [-0.4, -0.2) is 34.9 Å². The van der Waals surface area contributed by atoms with E-state index in [2.05, 4.69) is 58.1 Å². The lowest BCUT2D eigenvalue weighted by Crippen LogP contribution is -2.21. The van der Waals surface area contributed by atoms with E-state index in [4.69, 9.17) is 9.84 Å². The molecule has 6 rings (SSSR count). The average Bonchev–Trinajstić information content (AvgIpc) is 3.27. The Kier molecular flexibility index (Phi) is 4.41. The molecule has 3 aromatic rings. The summed E-state index contributed by atoms with van der Waals surface area (Å²) in [5.74, 6) is 3.06. The molecule has 0 N–H and O–H groups in total. The van der Waals surface area contributed by atoms with E-state index >= 15 is 0 Å². The van der Waals surface area contributed by atoms with Crippen LogP contribution in [0.1, 0.15) is 35.6 Å². The summed E-state index contributed by atoms with van der Waals surface area (Å²) in [5.41, 5.74) is 6.83. The third kappa shape index (κ3) is 3.24. The fourth-order valence-corrected chi connectivity index (χ4v) is 5.51. The van der Waals surface area contributed by atoms with Gasteiger partial charge < -0.3 is 4.74 Å². The molecule has 3 aliphatic rings. The molecule has 0 unspecified atom stereocenters. The third-order valence-corrected chi connectivity index (χ3v) is 7.16. The van der Waals surface area contributed by atoms with Crippen LogP contribution in [0.5, 0.6) is 5.75 Å². The Morgan fingerprint density at radius 1 is 1.03 bits per heavy atom. The molecule has 154 valence electrons. The van der Waals surface area contributed by atoms with Gasteiger partial charge in [-0.05, 0) is 48.8 Å². The Morgan fingerprint density at radius 3 is 2.70 bits per heavy atom. The van der Waals surface area contributed by atoms with Gasteiger partial charge in [-0.15, -0.1) is 0 Å². The summed E-state index contributed by atoms with van der Waals surface area (Å²) >= 11 is 0. The van der Waals surface area contributed by atoms with Crippen LogP contribution >= 0.6 is 0 Å². The van der Waals surface area contributed by atoms with E-state index in [0.29, 0.717) is 5.92 Å². The zero-order valence-electron chi connectivity index (χ0n) is 17.6. The van der Waals surface area contributed by atoms with Gasteiger partial charge in [0.25, 0.3) is 0 Å². The van der Waals surface area contributed by atoms with E-state index in [1.807, 2.05) is 6.07 Å². The summed E-state index contributed by atoms with van der Waals surface area (Å²) in [6, 6.07) is 19.3. The zero-order chi connectivity index (χ0) is 20.1. The highest BCUT2D eigenvalue weighted by atomic mass is 16.5. The number of hydrogen-bond acceptors (Lipinski definition) is 3. The molecule has 2 fully saturated rings. The number of fused-ring (bicyclic) bond motifs is 3. The van der Waals surface area contributed by atoms with Crippen molar-refractivity contribution in [2.75, 3.05) is 20.2 Å². The number of nitrogens with zero attached hydrogens (tertiary/aromatic N) is 3. The van der Waals surface area contributed by atoms with Crippen LogP contribution in [0.15, 0.2) is 54.6 Å². The van der Waals surface area contributed by atoms with E-state index in [1.165, 1.54) is 53.9 Å². The van der Waals surface area contributed by atoms with E-state index < -0.39 is 0 Å². The number of rotatable bonds is 6. The molecule has 4 nitrogen and oxygen atoms in total. The largest absolute Gasteiger partial charge is 0.497 e. The van der Waals surface area contributed by atoms with Crippen molar-refractivity contribution >= 4 is 0 Å². The molecule has 1 aliphatic heterocycles. The van der Waals surface area contributed by atoms with E-state index in [0.717, 1.165) is 37.2 Å². The maximum atomic E-state index is 5.50. The molecular weight excluding hydrogens is 370 g/mol. The van der Waals surface area contributed by atoms with Crippen molar-refractivity contribution in [3.63, 3.8) is 0 Å². The maximum Gasteiger partial charge on any atom is 0.119 e. The Bertz CT molecular complexity index is 1050. The van der Waals surface area contributed by atoms with Crippen LogP contribution in [0.3, 0.4) is 0 Å². The minimum absolute atomic E-state index is 0.595. The Hall–Kier alpha value is -2.59. The second-order valence-electron chi connectivity index (χ2n) is 9.32. The van der Waals surface area contributed by atoms with Crippen LogP contribution in [0.4, 0.5) is 0 Å². The highest BCUT2D eigenvalue weighted by Crippen LogP contribution is 2.48. The number of ether oxygens (including phenoxy) is 1. The lowest BCUT2D eigenvalue weighted by Gasteiger charge is -2.17. The summed E-state index contributed by atoms with van der Waals surface area (Å²) in [6.07, 6.45) is 3.90. The van der Waals surface area contributed by atoms with Gasteiger partial charge in [0, 0.05) is 48.9 Å². The zero-order valence-corrected chi connectivity index (χ0v) is 17.6. The quantitative estimate of drug-likeness (QED) is 0.600. The second kappa shape index (κ2) is 7.28. The fourth-order valence-electron chi connectivity index (χ4n) is 5.51. The van der Waals surface area contributed by atoms with Crippen LogP contribution in [0.2, 0.25) is 0 Å². The molecule has 0 bridgehead atoms. The van der Waals surface area contributed by atoms with Gasteiger partial charge in [-0.3, -0.25) is 9.58 Å². The topological polar surface area (TPSA) is 30.3 Å². The molecule has 1 saturated carbocycles. The standard InChI is InChI=1S/C26H29N3O/c1-30-22-9-5-8-20(12-22)26-25-23-17-28(14-18-6-3-2-4-7-18)16-21(23)13-24(25)29(27-26)15-19-10-11-19/h2-9,12,19,21,23H,10-11,13-17H2,1H3/t21-,23+/m0/s1. The van der Waals surface area contributed by atoms with Crippen molar-refractivity contribution in [3.05, 3.63) is 71.4 Å². The van der Waals surface area contributed by atoms with Crippen LogP contribution in [0, 0.1) is 11.8 Å². The van der Waals surface area contributed by atoms with Gasteiger partial charge in [0.15, 0.2) is 0 Å². The Balaban J connectivity index is 1.33. The fraction of sp³-hybridized carbons (Fsp3) is 0.423. The van der Waals surface area contributed by atoms with Crippen molar-refractivity contribution < 1.29 is 4.74 Å². The summed E-state index contributed by atoms with van der Waals surface area (Å²) in [5, 5.41) is 5.17.